The standard InChI is InChI=1S/C38H44N2O4.C2H6.H3N.H2/c1-9-39(6)31-18-25-10-13-28(14-11-25)42-33-20-26(12-15-32(33)41-8)19-30-29-22-35-34(21-27(29)16-17-40(30)7)43-37(24(4)5)38(44-35)36(31)23(2)3;1-2;;/h10-15,20-22,30-31H,4,9,16-19H2,1-3,5-8H3;1-2H3;1H3;1H/t30-,31?;;;/m0.../s1. The summed E-state index contributed by atoms with van der Waals surface area (Å²) < 4.78 is 25.8. The number of benzene rings is 3. The summed E-state index contributed by atoms with van der Waals surface area (Å²) in [6.07, 6.45) is 2.57. The van der Waals surface area contributed by atoms with E-state index in [4.69, 9.17) is 18.9 Å². The van der Waals surface area contributed by atoms with E-state index < -0.39 is 0 Å². The molecule has 254 valence electrons. The number of hydrogen-bond donors (Lipinski definition) is 1. The van der Waals surface area contributed by atoms with E-state index in [0.29, 0.717) is 5.76 Å². The number of hydrogen-bond acceptors (Lipinski definition) is 7. The summed E-state index contributed by atoms with van der Waals surface area (Å²) in [5.41, 5.74) is 8.12. The summed E-state index contributed by atoms with van der Waals surface area (Å²) in [5, 5.41) is 0. The smallest absolute Gasteiger partial charge is 0.175 e. The highest BCUT2D eigenvalue weighted by Crippen LogP contribution is 2.46. The molecule has 0 amide bonds. The maximum atomic E-state index is 6.96. The van der Waals surface area contributed by atoms with E-state index in [1.807, 2.05) is 39.0 Å². The van der Waals surface area contributed by atoms with E-state index in [1.165, 1.54) is 27.8 Å². The summed E-state index contributed by atoms with van der Waals surface area (Å²) in [6.45, 7) is 18.7. The summed E-state index contributed by atoms with van der Waals surface area (Å²) in [6, 6.07) is 19.3. The van der Waals surface area contributed by atoms with Crippen LogP contribution >= 0.6 is 0 Å². The van der Waals surface area contributed by atoms with Crippen molar-refractivity contribution in [3.05, 3.63) is 112 Å². The zero-order valence-corrected chi connectivity index (χ0v) is 29.8. The lowest BCUT2D eigenvalue weighted by atomic mass is 9.88. The van der Waals surface area contributed by atoms with Gasteiger partial charge in [0.2, 0.25) is 0 Å². The molecule has 1 unspecified atom stereocenters. The van der Waals surface area contributed by atoms with Crippen molar-refractivity contribution in [3.8, 4) is 28.7 Å². The molecule has 7 heteroatoms. The molecule has 0 aliphatic carbocycles. The molecule has 47 heavy (non-hydrogen) atoms. The predicted octanol–water partition coefficient (Wildman–Crippen LogP) is 9.47. The zero-order chi connectivity index (χ0) is 33.1. The van der Waals surface area contributed by atoms with Gasteiger partial charge in [0.1, 0.15) is 5.75 Å². The van der Waals surface area contributed by atoms with Crippen LogP contribution in [0.1, 0.15) is 71.3 Å². The second-order valence-electron chi connectivity index (χ2n) is 12.5. The van der Waals surface area contributed by atoms with Crippen molar-refractivity contribution in [1.82, 2.24) is 16.0 Å². The van der Waals surface area contributed by atoms with Crippen LogP contribution in [0.25, 0.3) is 0 Å². The molecule has 0 saturated carbocycles. The van der Waals surface area contributed by atoms with Crippen molar-refractivity contribution in [1.29, 1.82) is 0 Å². The molecule has 0 saturated heterocycles. The monoisotopic (exact) mass is 641 g/mol. The minimum atomic E-state index is 0. The molecule has 0 radical (unpaired) electrons. The Morgan fingerprint density at radius 2 is 1.62 bits per heavy atom. The third-order valence-corrected chi connectivity index (χ3v) is 9.23. The molecule has 7 nitrogen and oxygen atoms in total. The van der Waals surface area contributed by atoms with Crippen molar-refractivity contribution in [2.75, 3.05) is 34.3 Å². The van der Waals surface area contributed by atoms with Gasteiger partial charge in [-0.15, -0.1) is 0 Å². The first-order chi connectivity index (χ1) is 22.2. The molecule has 0 fully saturated rings. The second kappa shape index (κ2) is 15.2. The van der Waals surface area contributed by atoms with Crippen LogP contribution in [0.5, 0.6) is 28.7 Å². The number of rotatable bonds is 4. The second-order valence-corrected chi connectivity index (χ2v) is 12.5. The summed E-state index contributed by atoms with van der Waals surface area (Å²) in [4.78, 5) is 4.81. The molecule has 4 aliphatic rings. The Kier molecular flexibility index (Phi) is 11.6. The average molecular weight is 642 g/mol. The van der Waals surface area contributed by atoms with Crippen LogP contribution in [-0.4, -0.2) is 50.1 Å². The average Bonchev–Trinajstić information content (AvgIpc) is 3.05. The van der Waals surface area contributed by atoms with Gasteiger partial charge in [0.25, 0.3) is 0 Å². The van der Waals surface area contributed by atoms with Crippen molar-refractivity contribution >= 4 is 0 Å². The minimum absolute atomic E-state index is 0. The van der Waals surface area contributed by atoms with E-state index in [1.54, 1.807) is 7.11 Å². The van der Waals surface area contributed by atoms with Gasteiger partial charge in [-0.25, -0.2) is 0 Å². The lowest BCUT2D eigenvalue weighted by Gasteiger charge is -2.37. The summed E-state index contributed by atoms with van der Waals surface area (Å²) >= 11 is 0. The third kappa shape index (κ3) is 7.28. The fourth-order valence-corrected chi connectivity index (χ4v) is 6.64. The first kappa shape index (κ1) is 35.8. The highest BCUT2D eigenvalue weighted by Gasteiger charge is 2.34. The molecule has 4 aliphatic heterocycles. The van der Waals surface area contributed by atoms with Crippen LogP contribution in [0.15, 0.2) is 89.4 Å². The minimum Gasteiger partial charge on any atom is -0.493 e. The van der Waals surface area contributed by atoms with Crippen LogP contribution < -0.4 is 25.1 Å². The van der Waals surface area contributed by atoms with E-state index in [-0.39, 0.29) is 19.7 Å². The van der Waals surface area contributed by atoms with Crippen LogP contribution in [0, 0.1) is 0 Å². The van der Waals surface area contributed by atoms with Crippen molar-refractivity contribution in [2.45, 2.75) is 72.9 Å². The van der Waals surface area contributed by atoms with Gasteiger partial charge in [-0.1, -0.05) is 51.1 Å². The van der Waals surface area contributed by atoms with E-state index in [0.717, 1.165) is 78.0 Å². The maximum absolute atomic E-state index is 6.96. The van der Waals surface area contributed by atoms with Crippen LogP contribution in [0.3, 0.4) is 0 Å². The Labute approximate surface area is 283 Å². The zero-order valence-electron chi connectivity index (χ0n) is 29.8. The van der Waals surface area contributed by atoms with Gasteiger partial charge in [0.15, 0.2) is 34.5 Å². The number of fused-ring (bicyclic) bond motifs is 4. The van der Waals surface area contributed by atoms with E-state index in [9.17, 15) is 0 Å². The van der Waals surface area contributed by atoms with Crippen LogP contribution in [0.4, 0.5) is 0 Å². The number of nitrogens with zero attached hydrogens (tertiary/aromatic N) is 2. The van der Waals surface area contributed by atoms with Gasteiger partial charge in [-0.05, 0) is 125 Å². The molecule has 4 heterocycles. The fourth-order valence-electron chi connectivity index (χ4n) is 6.64. The predicted molar refractivity (Wildman–Crippen MR) is 194 cm³/mol. The molecule has 0 spiro atoms. The Morgan fingerprint density at radius 1 is 0.936 bits per heavy atom. The molecule has 3 aromatic rings. The number of methoxy groups -OCH3 is 1. The Bertz CT molecular complexity index is 1660. The Balaban J connectivity index is 0.00000153. The van der Waals surface area contributed by atoms with Gasteiger partial charge < -0.3 is 25.1 Å². The highest BCUT2D eigenvalue weighted by atomic mass is 16.6. The van der Waals surface area contributed by atoms with E-state index in [2.05, 4.69) is 87.6 Å². The summed E-state index contributed by atoms with van der Waals surface area (Å²) in [7, 11) is 6.06. The Morgan fingerprint density at radius 3 is 2.26 bits per heavy atom. The van der Waals surface area contributed by atoms with Crippen LogP contribution in [-0.2, 0) is 19.3 Å². The lowest BCUT2D eigenvalue weighted by Crippen LogP contribution is -2.38. The molecule has 7 bridgehead atoms. The number of likely N-dealkylation sites (N-methyl/N-ethyl adjacent to an activating group) is 2. The van der Waals surface area contributed by atoms with Crippen LogP contribution in [0.2, 0.25) is 0 Å². The van der Waals surface area contributed by atoms with Crippen molar-refractivity contribution < 1.29 is 20.4 Å². The highest BCUT2D eigenvalue weighted by molar-refractivity contribution is 5.57. The quantitative estimate of drug-likeness (QED) is 0.304. The Hall–Kier alpha value is -4.04. The fraction of sp³-hybridized carbons (Fsp3) is 0.400. The largest absolute Gasteiger partial charge is 0.493 e. The summed E-state index contributed by atoms with van der Waals surface area (Å²) in [5.74, 6) is 5.19. The first-order valence-corrected chi connectivity index (χ1v) is 16.6. The third-order valence-electron chi connectivity index (χ3n) is 9.23. The van der Waals surface area contributed by atoms with Gasteiger partial charge in [0, 0.05) is 25.6 Å². The van der Waals surface area contributed by atoms with Gasteiger partial charge in [-0.2, -0.15) is 0 Å². The topological polar surface area (TPSA) is 78.4 Å². The van der Waals surface area contributed by atoms with Gasteiger partial charge >= 0.3 is 0 Å². The molecular weight excluding hydrogens is 586 g/mol. The van der Waals surface area contributed by atoms with Gasteiger partial charge in [0.05, 0.1) is 7.11 Å². The SMILES string of the molecule is C=C(C)C1=C2Oc3cc4c(cc3O1)CCN(C)[C@H]4Cc1ccc(OC)c(c1)Oc1ccc(cc1)CC(N(C)CC)C2=C(C)C.CC.N.[HH]. The lowest BCUT2D eigenvalue weighted by molar-refractivity contribution is 0.226. The van der Waals surface area contributed by atoms with E-state index >= 15 is 0 Å². The molecule has 0 aromatic heterocycles. The number of allylic oxidation sites excluding steroid dienone is 2. The first-order valence-electron chi connectivity index (χ1n) is 16.6. The normalized spacial score (nSPS) is 18.5. The molecule has 3 N–H and O–H groups in total. The number of ether oxygens (including phenoxy) is 4. The molecule has 2 atom stereocenters. The van der Waals surface area contributed by atoms with Gasteiger partial charge in [-0.3, -0.25) is 9.80 Å². The molecular formula is C40H55N3O4. The van der Waals surface area contributed by atoms with Crippen molar-refractivity contribution in [2.24, 2.45) is 0 Å². The molecule has 7 rings (SSSR count). The van der Waals surface area contributed by atoms with Crippen molar-refractivity contribution in [3.63, 3.8) is 0 Å². The molecule has 3 aromatic carbocycles. The maximum Gasteiger partial charge on any atom is 0.175 e.